The van der Waals surface area contributed by atoms with Crippen molar-refractivity contribution in [3.63, 3.8) is 0 Å². The molecule has 2 aromatic carbocycles. The number of hydrogen-bond acceptors (Lipinski definition) is 5. The van der Waals surface area contributed by atoms with Gasteiger partial charge in [0.05, 0.1) is 11.3 Å². The second-order valence-electron chi connectivity index (χ2n) is 7.11. The van der Waals surface area contributed by atoms with Crippen LogP contribution in [0.2, 0.25) is 0 Å². The first-order valence-corrected chi connectivity index (χ1v) is 11.6. The molecule has 1 aliphatic carbocycles. The molecule has 1 amide bonds. The van der Waals surface area contributed by atoms with Crippen LogP contribution in [-0.2, 0) is 19.6 Å². The molecule has 0 saturated carbocycles. The van der Waals surface area contributed by atoms with Gasteiger partial charge in [-0.15, -0.1) is 0 Å². The summed E-state index contributed by atoms with van der Waals surface area (Å²) in [4.78, 5) is 26.7. The Morgan fingerprint density at radius 2 is 1.71 bits per heavy atom. The van der Waals surface area contributed by atoms with Gasteiger partial charge in [-0.25, -0.2) is 13.2 Å². The van der Waals surface area contributed by atoms with E-state index < -0.39 is 22.6 Å². The van der Waals surface area contributed by atoms with Crippen LogP contribution in [0.5, 0.6) is 0 Å². The lowest BCUT2D eigenvalue weighted by molar-refractivity contribution is -0.132. The highest BCUT2D eigenvalue weighted by Gasteiger charge is 2.28. The number of hydrogen-bond donors (Lipinski definition) is 0. The van der Waals surface area contributed by atoms with Gasteiger partial charge in [0.1, 0.15) is 4.90 Å². The Morgan fingerprint density at radius 1 is 1.03 bits per heavy atom. The van der Waals surface area contributed by atoms with E-state index in [0.29, 0.717) is 12.2 Å². The SMILES string of the molecule is CCN(C(=O)COC(=O)c1ccccc1S(=O)(=O)N(C)c1ccccc1)C1=CCCC1. The van der Waals surface area contributed by atoms with Crippen molar-refractivity contribution < 1.29 is 22.7 Å². The van der Waals surface area contributed by atoms with Crippen molar-refractivity contribution in [1.29, 1.82) is 0 Å². The molecule has 164 valence electrons. The minimum absolute atomic E-state index is 0.110. The Hall–Kier alpha value is -3.13. The van der Waals surface area contributed by atoms with Gasteiger partial charge >= 0.3 is 5.97 Å². The number of allylic oxidation sites excluding steroid dienone is 2. The normalized spacial score (nSPS) is 13.4. The lowest BCUT2D eigenvalue weighted by Crippen LogP contribution is -2.34. The maximum atomic E-state index is 13.2. The molecule has 0 N–H and O–H groups in total. The first-order chi connectivity index (χ1) is 14.9. The molecule has 2 aromatic rings. The number of anilines is 1. The summed E-state index contributed by atoms with van der Waals surface area (Å²) in [6.45, 7) is 1.89. The van der Waals surface area contributed by atoms with Gasteiger partial charge in [-0.1, -0.05) is 36.4 Å². The summed E-state index contributed by atoms with van der Waals surface area (Å²) in [5, 5.41) is 0. The fourth-order valence-electron chi connectivity index (χ4n) is 3.51. The van der Waals surface area contributed by atoms with Crippen molar-refractivity contribution in [3.8, 4) is 0 Å². The summed E-state index contributed by atoms with van der Waals surface area (Å²) in [5.74, 6) is -1.18. The van der Waals surface area contributed by atoms with Crippen molar-refractivity contribution in [3.05, 3.63) is 71.9 Å². The highest BCUT2D eigenvalue weighted by Crippen LogP contribution is 2.25. The van der Waals surface area contributed by atoms with Crippen LogP contribution in [0, 0.1) is 0 Å². The first kappa shape index (κ1) is 22.6. The van der Waals surface area contributed by atoms with Gasteiger partial charge in [0, 0.05) is 19.3 Å². The second kappa shape index (κ2) is 9.78. The molecule has 0 aromatic heterocycles. The predicted molar refractivity (Wildman–Crippen MR) is 118 cm³/mol. The monoisotopic (exact) mass is 442 g/mol. The highest BCUT2D eigenvalue weighted by atomic mass is 32.2. The summed E-state index contributed by atoms with van der Waals surface area (Å²) in [7, 11) is -2.59. The molecule has 1 aliphatic rings. The van der Waals surface area contributed by atoms with Gasteiger partial charge in [-0.05, 0) is 50.5 Å². The smallest absolute Gasteiger partial charge is 0.340 e. The van der Waals surface area contributed by atoms with Crippen molar-refractivity contribution in [2.24, 2.45) is 0 Å². The number of sulfonamides is 1. The number of ether oxygens (including phenoxy) is 1. The molecule has 0 atom stereocenters. The molecule has 0 spiro atoms. The number of esters is 1. The van der Waals surface area contributed by atoms with E-state index in [0.717, 1.165) is 29.3 Å². The molecule has 8 heteroatoms. The van der Waals surface area contributed by atoms with Gasteiger partial charge in [-0.2, -0.15) is 0 Å². The van der Waals surface area contributed by atoms with Crippen molar-refractivity contribution in [2.45, 2.75) is 31.1 Å². The third kappa shape index (κ3) is 4.96. The molecule has 0 heterocycles. The van der Waals surface area contributed by atoms with Gasteiger partial charge in [0.15, 0.2) is 6.61 Å². The molecule has 0 bridgehead atoms. The standard InChI is InChI=1S/C23H26N2O5S/c1-3-25(19-13-7-8-14-19)22(26)17-30-23(27)20-15-9-10-16-21(20)31(28,29)24(2)18-11-5-4-6-12-18/h4-6,9-13,15-16H,3,7-8,14,17H2,1-2H3. The zero-order valence-electron chi connectivity index (χ0n) is 17.7. The van der Waals surface area contributed by atoms with Crippen LogP contribution in [0.3, 0.4) is 0 Å². The van der Waals surface area contributed by atoms with Crippen LogP contribution >= 0.6 is 0 Å². The zero-order chi connectivity index (χ0) is 22.4. The minimum Gasteiger partial charge on any atom is -0.452 e. The first-order valence-electron chi connectivity index (χ1n) is 10.2. The van der Waals surface area contributed by atoms with Gasteiger partial charge in [-0.3, -0.25) is 9.10 Å². The van der Waals surface area contributed by atoms with E-state index in [-0.39, 0.29) is 16.4 Å². The van der Waals surface area contributed by atoms with Crippen molar-refractivity contribution >= 4 is 27.6 Å². The van der Waals surface area contributed by atoms with Crippen LogP contribution < -0.4 is 4.31 Å². The Balaban J connectivity index is 1.78. The average molecular weight is 443 g/mol. The molecule has 7 nitrogen and oxygen atoms in total. The fourth-order valence-corrected chi connectivity index (χ4v) is 4.88. The largest absolute Gasteiger partial charge is 0.452 e. The number of likely N-dealkylation sites (N-methyl/N-ethyl adjacent to an activating group) is 1. The van der Waals surface area contributed by atoms with Gasteiger partial charge in [0.25, 0.3) is 15.9 Å². The van der Waals surface area contributed by atoms with E-state index in [1.165, 1.54) is 19.2 Å². The summed E-state index contributed by atoms with van der Waals surface area (Å²) in [5.41, 5.74) is 1.29. The molecular formula is C23H26N2O5S. The Morgan fingerprint density at radius 3 is 2.35 bits per heavy atom. The number of benzene rings is 2. The van der Waals surface area contributed by atoms with Crippen LogP contribution in [0.4, 0.5) is 5.69 Å². The second-order valence-corrected chi connectivity index (χ2v) is 9.04. The zero-order valence-corrected chi connectivity index (χ0v) is 18.5. The number of para-hydroxylation sites is 1. The van der Waals surface area contributed by atoms with E-state index in [9.17, 15) is 18.0 Å². The van der Waals surface area contributed by atoms with Crippen molar-refractivity contribution in [2.75, 3.05) is 24.5 Å². The molecule has 0 aliphatic heterocycles. The molecule has 0 unspecified atom stereocenters. The van der Waals surface area contributed by atoms with Crippen LogP contribution in [0.25, 0.3) is 0 Å². The van der Waals surface area contributed by atoms with E-state index in [2.05, 4.69) is 0 Å². The highest BCUT2D eigenvalue weighted by molar-refractivity contribution is 7.92. The summed E-state index contributed by atoms with van der Waals surface area (Å²) >= 11 is 0. The summed E-state index contributed by atoms with van der Waals surface area (Å²) in [6.07, 6.45) is 4.77. The summed E-state index contributed by atoms with van der Waals surface area (Å²) < 4.78 is 32.6. The Labute approximate surface area is 183 Å². The molecule has 0 fully saturated rings. The van der Waals surface area contributed by atoms with Crippen molar-refractivity contribution in [1.82, 2.24) is 4.90 Å². The van der Waals surface area contributed by atoms with E-state index >= 15 is 0 Å². The van der Waals surface area contributed by atoms with Crippen LogP contribution in [0.15, 0.2) is 71.3 Å². The van der Waals surface area contributed by atoms with Gasteiger partial charge < -0.3 is 9.64 Å². The summed E-state index contributed by atoms with van der Waals surface area (Å²) in [6, 6.07) is 14.4. The Bertz CT molecular complexity index is 1080. The number of amides is 1. The van der Waals surface area contributed by atoms with E-state index in [4.69, 9.17) is 4.74 Å². The quantitative estimate of drug-likeness (QED) is 0.584. The molecular weight excluding hydrogens is 416 g/mol. The molecule has 3 rings (SSSR count). The lowest BCUT2D eigenvalue weighted by atomic mass is 10.2. The topological polar surface area (TPSA) is 84.0 Å². The number of nitrogens with zero attached hydrogens (tertiary/aromatic N) is 2. The number of carbonyl (C=O) groups excluding carboxylic acids is 2. The van der Waals surface area contributed by atoms with Crippen LogP contribution in [-0.4, -0.2) is 45.4 Å². The Kier molecular flexibility index (Phi) is 7.12. The molecule has 0 saturated heterocycles. The van der Waals surface area contributed by atoms with E-state index in [1.54, 1.807) is 47.4 Å². The van der Waals surface area contributed by atoms with Gasteiger partial charge in [0.2, 0.25) is 0 Å². The predicted octanol–water partition coefficient (Wildman–Crippen LogP) is 3.58. The average Bonchev–Trinajstić information content (AvgIpc) is 3.32. The number of rotatable bonds is 8. The van der Waals surface area contributed by atoms with Crippen LogP contribution in [0.1, 0.15) is 36.5 Å². The third-order valence-electron chi connectivity index (χ3n) is 5.17. The lowest BCUT2D eigenvalue weighted by Gasteiger charge is -2.22. The fraction of sp³-hybridized carbons (Fsp3) is 0.304. The number of carbonyl (C=O) groups is 2. The minimum atomic E-state index is -4.01. The maximum Gasteiger partial charge on any atom is 0.340 e. The maximum absolute atomic E-state index is 13.2. The molecule has 0 radical (unpaired) electrons. The third-order valence-corrected chi connectivity index (χ3v) is 7.02. The molecule has 31 heavy (non-hydrogen) atoms. The van der Waals surface area contributed by atoms with E-state index in [1.807, 2.05) is 13.0 Å².